The molecule has 0 aliphatic heterocycles. The van der Waals surface area contributed by atoms with Crippen LogP contribution >= 0.6 is 11.3 Å². The summed E-state index contributed by atoms with van der Waals surface area (Å²) >= 11 is 1.31. The van der Waals surface area contributed by atoms with E-state index in [-0.39, 0.29) is 12.2 Å². The Bertz CT molecular complexity index is 985. The predicted molar refractivity (Wildman–Crippen MR) is 116 cm³/mol. The number of carboxylic acid groups (broad SMARTS) is 1. The van der Waals surface area contributed by atoms with Gasteiger partial charge in [-0.3, -0.25) is 0 Å². The molecule has 0 radical (unpaired) electrons. The van der Waals surface area contributed by atoms with Crippen molar-refractivity contribution >= 4 is 44.0 Å². The number of carbonyl (C=O) groups is 1. The van der Waals surface area contributed by atoms with Gasteiger partial charge in [-0.05, 0) is 55.3 Å². The van der Waals surface area contributed by atoms with Crippen LogP contribution in [0.3, 0.4) is 0 Å². The molecule has 0 bridgehead atoms. The van der Waals surface area contributed by atoms with Gasteiger partial charge in [0.2, 0.25) is 5.13 Å². The van der Waals surface area contributed by atoms with Crippen molar-refractivity contribution in [3.8, 4) is 0 Å². The van der Waals surface area contributed by atoms with Crippen LogP contribution in [0.5, 0.6) is 0 Å². The Hall–Kier alpha value is -2.84. The van der Waals surface area contributed by atoms with E-state index in [9.17, 15) is 4.79 Å². The summed E-state index contributed by atoms with van der Waals surface area (Å²) < 4.78 is 0.773. The van der Waals surface area contributed by atoms with Crippen LogP contribution in [0.2, 0.25) is 0 Å². The Kier molecular flexibility index (Phi) is 7.26. The third-order valence-corrected chi connectivity index (χ3v) is 5.47. The monoisotopic (exact) mass is 412 g/mol. The second kappa shape index (κ2) is 10.1. The van der Waals surface area contributed by atoms with E-state index >= 15 is 0 Å². The average molecular weight is 413 g/mol. The fraction of sp³-hybridized carbons (Fsp3) is 0.333. The van der Waals surface area contributed by atoms with Gasteiger partial charge in [-0.25, -0.2) is 9.78 Å². The summed E-state index contributed by atoms with van der Waals surface area (Å²) in [5.74, 6) is -0.960. The van der Waals surface area contributed by atoms with Gasteiger partial charge in [0.1, 0.15) is 0 Å². The molecule has 1 aromatic heterocycles. The van der Waals surface area contributed by atoms with Gasteiger partial charge in [-0.15, -0.1) is 10.2 Å². The van der Waals surface area contributed by atoms with Crippen molar-refractivity contribution in [3.63, 3.8) is 0 Å². The molecule has 0 saturated heterocycles. The number of thiazole rings is 1. The number of aliphatic hydroxyl groups is 1. The summed E-state index contributed by atoms with van der Waals surface area (Å²) in [5.41, 5.74) is 2.80. The normalized spacial score (nSPS) is 11.4. The lowest BCUT2D eigenvalue weighted by Crippen LogP contribution is -2.18. The lowest BCUT2D eigenvalue weighted by molar-refractivity contribution is 0.0697. The molecule has 0 aliphatic carbocycles. The number of aliphatic hydroxyl groups excluding tert-OH is 1. The first-order chi connectivity index (χ1) is 14.1. The number of carboxylic acids is 1. The number of nitrogens with zero attached hydrogens (tertiary/aromatic N) is 4. The van der Waals surface area contributed by atoms with Crippen molar-refractivity contribution < 1.29 is 15.0 Å². The predicted octanol–water partition coefficient (Wildman–Crippen LogP) is 5.40. The van der Waals surface area contributed by atoms with E-state index in [1.165, 1.54) is 17.4 Å². The standard InChI is InChI=1S/C21H24N4O3S/c1-25(12-4-2-3-5-13-26)17-9-7-16(8-10-17)23-24-21-22-18-11-6-15(20(27)28)14-19(18)29-21/h6-11,14,26H,2-5,12-13H2,1H3,(H,27,28)/b24-23+. The number of rotatable bonds is 10. The van der Waals surface area contributed by atoms with Gasteiger partial charge < -0.3 is 15.1 Å². The largest absolute Gasteiger partial charge is 0.478 e. The quantitative estimate of drug-likeness (QED) is 0.343. The average Bonchev–Trinajstić information content (AvgIpc) is 3.14. The summed E-state index contributed by atoms with van der Waals surface area (Å²) in [5, 5.41) is 26.8. The Morgan fingerprint density at radius 1 is 1.07 bits per heavy atom. The fourth-order valence-electron chi connectivity index (χ4n) is 2.91. The number of aromatic nitrogens is 1. The van der Waals surface area contributed by atoms with Crippen molar-refractivity contribution in [2.24, 2.45) is 10.2 Å². The zero-order valence-electron chi connectivity index (χ0n) is 16.3. The fourth-order valence-corrected chi connectivity index (χ4v) is 3.73. The summed E-state index contributed by atoms with van der Waals surface area (Å²) in [6.45, 7) is 1.24. The van der Waals surface area contributed by atoms with Crippen LogP contribution in [0, 0.1) is 0 Å². The zero-order valence-corrected chi connectivity index (χ0v) is 17.1. The van der Waals surface area contributed by atoms with E-state index in [1.807, 2.05) is 24.3 Å². The number of aromatic carboxylic acids is 1. The van der Waals surface area contributed by atoms with E-state index in [0.717, 1.165) is 48.3 Å². The highest BCUT2D eigenvalue weighted by Gasteiger charge is 2.08. The number of hydrogen-bond acceptors (Lipinski definition) is 7. The maximum atomic E-state index is 11.1. The SMILES string of the molecule is CN(CCCCCCO)c1ccc(/N=N/c2nc3ccc(C(=O)O)cc3s2)cc1. The van der Waals surface area contributed by atoms with Gasteiger partial charge in [-0.1, -0.05) is 24.2 Å². The van der Waals surface area contributed by atoms with Gasteiger partial charge >= 0.3 is 5.97 Å². The molecule has 2 N–H and O–H groups in total. The van der Waals surface area contributed by atoms with Crippen LogP contribution in [0.4, 0.5) is 16.5 Å². The molecule has 29 heavy (non-hydrogen) atoms. The van der Waals surface area contributed by atoms with Crippen molar-refractivity contribution in [1.82, 2.24) is 4.98 Å². The van der Waals surface area contributed by atoms with Crippen molar-refractivity contribution in [3.05, 3.63) is 48.0 Å². The number of benzene rings is 2. The molecule has 7 nitrogen and oxygen atoms in total. The summed E-state index contributed by atoms with van der Waals surface area (Å²) in [6, 6.07) is 12.7. The topological polar surface area (TPSA) is 98.4 Å². The van der Waals surface area contributed by atoms with Crippen LogP contribution in [0.1, 0.15) is 36.0 Å². The minimum Gasteiger partial charge on any atom is -0.478 e. The molecule has 0 aliphatic rings. The molecule has 0 atom stereocenters. The Balaban J connectivity index is 1.59. The summed E-state index contributed by atoms with van der Waals surface area (Å²) in [6.07, 6.45) is 4.15. The highest BCUT2D eigenvalue weighted by atomic mass is 32.1. The summed E-state index contributed by atoms with van der Waals surface area (Å²) in [4.78, 5) is 17.6. The smallest absolute Gasteiger partial charge is 0.335 e. The van der Waals surface area contributed by atoms with E-state index < -0.39 is 5.97 Å². The molecule has 3 rings (SSSR count). The van der Waals surface area contributed by atoms with Gasteiger partial charge in [-0.2, -0.15) is 0 Å². The highest BCUT2D eigenvalue weighted by molar-refractivity contribution is 7.21. The van der Waals surface area contributed by atoms with Crippen LogP contribution in [0.25, 0.3) is 10.2 Å². The number of azo groups is 1. The molecule has 0 saturated carbocycles. The molecule has 1 heterocycles. The zero-order chi connectivity index (χ0) is 20.6. The second-order valence-corrected chi connectivity index (χ2v) is 7.77. The van der Waals surface area contributed by atoms with E-state index in [2.05, 4.69) is 27.2 Å². The number of hydrogen-bond donors (Lipinski definition) is 2. The van der Waals surface area contributed by atoms with Crippen LogP contribution in [0.15, 0.2) is 52.7 Å². The third kappa shape index (κ3) is 5.82. The molecule has 152 valence electrons. The minimum absolute atomic E-state index is 0.234. The molecule has 3 aromatic rings. The molecule has 2 aromatic carbocycles. The maximum absolute atomic E-state index is 11.1. The lowest BCUT2D eigenvalue weighted by atomic mass is 10.2. The maximum Gasteiger partial charge on any atom is 0.335 e. The van der Waals surface area contributed by atoms with Crippen LogP contribution in [-0.4, -0.2) is 41.4 Å². The molecule has 0 spiro atoms. The molecular formula is C21H24N4O3S. The Morgan fingerprint density at radius 3 is 2.55 bits per heavy atom. The van der Waals surface area contributed by atoms with E-state index in [1.54, 1.807) is 12.1 Å². The van der Waals surface area contributed by atoms with Crippen molar-refractivity contribution in [2.75, 3.05) is 25.1 Å². The first-order valence-electron chi connectivity index (χ1n) is 9.54. The first-order valence-corrected chi connectivity index (χ1v) is 10.4. The third-order valence-electron chi connectivity index (χ3n) is 4.57. The molecule has 0 unspecified atom stereocenters. The van der Waals surface area contributed by atoms with Crippen LogP contribution < -0.4 is 4.90 Å². The molecular weight excluding hydrogens is 388 g/mol. The molecule has 0 fully saturated rings. The number of fused-ring (bicyclic) bond motifs is 1. The van der Waals surface area contributed by atoms with Gasteiger partial charge in [0.25, 0.3) is 0 Å². The van der Waals surface area contributed by atoms with Gasteiger partial charge in [0.05, 0.1) is 21.5 Å². The van der Waals surface area contributed by atoms with Gasteiger partial charge in [0.15, 0.2) is 0 Å². The van der Waals surface area contributed by atoms with E-state index in [4.69, 9.17) is 10.2 Å². The summed E-state index contributed by atoms with van der Waals surface area (Å²) in [7, 11) is 2.06. The molecule has 8 heteroatoms. The van der Waals surface area contributed by atoms with Crippen molar-refractivity contribution in [1.29, 1.82) is 0 Å². The lowest BCUT2D eigenvalue weighted by Gasteiger charge is -2.19. The van der Waals surface area contributed by atoms with E-state index in [0.29, 0.717) is 10.6 Å². The first kappa shape index (κ1) is 20.9. The van der Waals surface area contributed by atoms with Crippen molar-refractivity contribution in [2.45, 2.75) is 25.7 Å². The Labute approximate surface area is 173 Å². The highest BCUT2D eigenvalue weighted by Crippen LogP contribution is 2.30. The minimum atomic E-state index is -0.960. The molecule has 0 amide bonds. The van der Waals surface area contributed by atoms with Gasteiger partial charge in [0, 0.05) is 25.9 Å². The number of unbranched alkanes of at least 4 members (excludes halogenated alkanes) is 3. The van der Waals surface area contributed by atoms with Crippen LogP contribution in [-0.2, 0) is 0 Å². The number of anilines is 1. The second-order valence-electron chi connectivity index (χ2n) is 6.76. The Morgan fingerprint density at radius 2 is 1.83 bits per heavy atom.